The van der Waals surface area contributed by atoms with Gasteiger partial charge in [-0.3, -0.25) is 4.90 Å². The molecular weight excluding hydrogens is 1030 g/mol. The summed E-state index contributed by atoms with van der Waals surface area (Å²) in [6.07, 6.45) is 3.43. The molecule has 11 rings (SSSR count). The number of carbonyl (C=O) groups is 2. The topological polar surface area (TPSA) is 432 Å². The second-order valence-corrected chi connectivity index (χ2v) is 17.5. The van der Waals surface area contributed by atoms with E-state index in [2.05, 4.69) is 70.4 Å². The summed E-state index contributed by atoms with van der Waals surface area (Å²) in [5, 5.41) is 54.3. The molecule has 1 aromatic carbocycles. The molecule has 4 unspecified atom stereocenters. The van der Waals surface area contributed by atoms with Gasteiger partial charge in [-0.1, -0.05) is 32.8 Å². The number of epoxide rings is 1. The van der Waals surface area contributed by atoms with E-state index in [1.807, 2.05) is 0 Å². The van der Waals surface area contributed by atoms with Crippen LogP contribution in [0.1, 0.15) is 72.0 Å². The molecule has 34 heteroatoms. The van der Waals surface area contributed by atoms with Crippen LogP contribution in [0.2, 0.25) is 0 Å². The zero-order valence-corrected chi connectivity index (χ0v) is 42.5. The molecule has 0 aliphatic carbocycles. The predicted molar refractivity (Wildman–Crippen MR) is 254 cm³/mol. The number of nitrogens with one attached hydrogen (secondary N) is 1. The van der Waals surface area contributed by atoms with Crippen LogP contribution in [0.3, 0.4) is 0 Å². The second-order valence-electron chi connectivity index (χ2n) is 17.5. The number of aromatic nitrogens is 17. The third-order valence-corrected chi connectivity index (χ3v) is 11.5. The quantitative estimate of drug-likeness (QED) is 0.0785. The Balaban J connectivity index is 0.000000165. The fourth-order valence-corrected chi connectivity index (χ4v) is 8.08. The van der Waals surface area contributed by atoms with E-state index in [4.69, 9.17) is 48.6 Å². The summed E-state index contributed by atoms with van der Waals surface area (Å²) >= 11 is 0. The molecule has 0 saturated carbocycles. The highest BCUT2D eigenvalue weighted by molar-refractivity contribution is 6.27. The summed E-state index contributed by atoms with van der Waals surface area (Å²) in [7, 11) is 0. The van der Waals surface area contributed by atoms with Crippen molar-refractivity contribution in [2.75, 3.05) is 18.9 Å². The smallest absolute Gasteiger partial charge is 0.414 e. The SMILES string of the molecule is Cc1noc(-n2c(C)n[nH]c2=O)n1.Cc1noc(-n2c(C)nn(CC(O)CN3C4CCC3CC(OCc3ccc(F)cc3)C4)c2=O)n1.Cc1noc(-n2c(C)nn(CC3CO3)c2=O)n1.Cc1noc(N)n1.O=C(O)C(=O)O. The highest BCUT2D eigenvalue weighted by atomic mass is 19.1. The molecular formula is C43H54FN19O14. The van der Waals surface area contributed by atoms with Crippen LogP contribution in [0, 0.1) is 54.3 Å². The lowest BCUT2D eigenvalue weighted by molar-refractivity contribution is -0.159. The first-order valence-electron chi connectivity index (χ1n) is 23.5. The van der Waals surface area contributed by atoms with Crippen molar-refractivity contribution in [1.82, 2.24) is 88.9 Å². The molecule has 6 N–H and O–H groups in total. The first-order valence-corrected chi connectivity index (χ1v) is 23.5. The molecule has 3 saturated heterocycles. The van der Waals surface area contributed by atoms with Crippen molar-refractivity contribution in [2.45, 2.75) is 124 Å². The number of carboxylic acid groups (broad SMARTS) is 2. The number of H-pyrrole nitrogens is 1. The van der Waals surface area contributed by atoms with Crippen molar-refractivity contribution < 1.29 is 56.9 Å². The third kappa shape index (κ3) is 14.7. The first kappa shape index (κ1) is 55.9. The number of fused-ring (bicyclic) bond motifs is 2. The average Bonchev–Trinajstić information content (AvgIpc) is 4.07. The predicted octanol–water partition coefficient (Wildman–Crippen LogP) is -0.145. The van der Waals surface area contributed by atoms with Gasteiger partial charge < -0.3 is 48.6 Å². The van der Waals surface area contributed by atoms with Gasteiger partial charge in [0.15, 0.2) is 23.3 Å². The second kappa shape index (κ2) is 24.6. The van der Waals surface area contributed by atoms with Crippen molar-refractivity contribution >= 4 is 18.0 Å². The van der Waals surface area contributed by atoms with Crippen LogP contribution in [0.5, 0.6) is 0 Å². The van der Waals surface area contributed by atoms with Crippen LogP contribution < -0.4 is 22.8 Å². The van der Waals surface area contributed by atoms with E-state index >= 15 is 0 Å². The Morgan fingerprint density at radius 1 is 0.714 bits per heavy atom. The Morgan fingerprint density at radius 3 is 1.61 bits per heavy atom. The van der Waals surface area contributed by atoms with Gasteiger partial charge in [0.1, 0.15) is 29.4 Å². The van der Waals surface area contributed by atoms with E-state index in [-0.39, 0.29) is 60.0 Å². The Labute approximate surface area is 432 Å². The van der Waals surface area contributed by atoms with Gasteiger partial charge >= 0.3 is 53.1 Å². The number of benzene rings is 1. The number of hydrogen-bond acceptors (Lipinski definition) is 25. The Bertz CT molecular complexity index is 3390. The van der Waals surface area contributed by atoms with Gasteiger partial charge in [-0.05, 0) is 91.8 Å². The van der Waals surface area contributed by atoms with Gasteiger partial charge in [0.25, 0.3) is 0 Å². The Morgan fingerprint density at radius 2 is 1.19 bits per heavy atom. The summed E-state index contributed by atoms with van der Waals surface area (Å²) in [5.41, 5.74) is 4.90. The van der Waals surface area contributed by atoms with E-state index in [0.29, 0.717) is 79.2 Å². The lowest BCUT2D eigenvalue weighted by Crippen LogP contribution is -2.49. The van der Waals surface area contributed by atoms with E-state index < -0.39 is 23.7 Å². The minimum atomic E-state index is -1.82. The number of aryl methyl sites for hydroxylation is 7. The summed E-state index contributed by atoms with van der Waals surface area (Å²) in [6.45, 7) is 14.0. The molecule has 412 valence electrons. The lowest BCUT2D eigenvalue weighted by Gasteiger charge is -2.39. The van der Waals surface area contributed by atoms with Crippen molar-refractivity contribution in [2.24, 2.45) is 0 Å². The molecule has 0 amide bonds. The number of hydrogen-bond donors (Lipinski definition) is 5. The maximum atomic E-state index is 13.1. The number of aliphatic hydroxyl groups excluding tert-OH is 1. The maximum Gasteiger partial charge on any atom is 0.414 e. The number of aromatic amines is 1. The van der Waals surface area contributed by atoms with Crippen molar-refractivity contribution in [3.8, 4) is 18.0 Å². The maximum absolute atomic E-state index is 13.1. The molecule has 0 radical (unpaired) electrons. The number of aliphatic carboxylic acids is 2. The van der Waals surface area contributed by atoms with Crippen LogP contribution in [0.15, 0.2) is 56.7 Å². The van der Waals surface area contributed by atoms with Gasteiger partial charge in [-0.25, -0.2) is 42.8 Å². The molecule has 3 aliphatic heterocycles. The standard InChI is InChI=1S/C23H29FN6O4.C9H11N5O3.C6H7N5O2.C3H5N3O.C2H2O4/c1-14-25-22(34-27-14)30-15(2)26-29(23(30)32)12-20(31)11-28-18-7-8-19(28)10-21(9-18)33-13-16-3-5-17(24)6-4-16;1-5-10-8(17-12-5)14-6(2)11-13(9(14)15)3-7-4-16-7;1-3-7-6(13-10-3)11-4(2)8-9-5(11)12;1-2-5-3(4)7-6-2;3-1(4)2(5)6/h3-6,18-21,31H,7-13H2,1-2H3;7H,3-4H2,1-2H3;1-2H3,(H,9,12);1H3,(H2,4,5,6);(H,3,4)(H,5,6). The molecule has 0 spiro atoms. The minimum Gasteiger partial charge on any atom is -0.473 e. The number of halogens is 1. The number of carboxylic acids is 2. The van der Waals surface area contributed by atoms with E-state index in [0.717, 1.165) is 31.2 Å². The molecule has 8 aromatic rings. The van der Waals surface area contributed by atoms with Crippen LogP contribution in [-0.4, -0.2) is 160 Å². The molecule has 2 bridgehead atoms. The number of rotatable bonds is 12. The number of nitrogens with two attached hydrogens (primary N) is 1. The highest BCUT2D eigenvalue weighted by Crippen LogP contribution is 2.37. The monoisotopic (exact) mass is 1080 g/mol. The number of ether oxygens (including phenoxy) is 2. The molecule has 4 atom stereocenters. The van der Waals surface area contributed by atoms with Gasteiger partial charge in [-0.2, -0.15) is 48.9 Å². The molecule has 7 aromatic heterocycles. The fraction of sp³-hybridized carbons (Fsp3) is 0.488. The van der Waals surface area contributed by atoms with Crippen LogP contribution in [0.4, 0.5) is 10.4 Å². The minimum absolute atomic E-state index is 0.0708. The van der Waals surface area contributed by atoms with Crippen LogP contribution in [0.25, 0.3) is 18.0 Å². The van der Waals surface area contributed by atoms with Crippen molar-refractivity contribution in [3.63, 3.8) is 0 Å². The zero-order valence-electron chi connectivity index (χ0n) is 42.5. The number of nitrogen functional groups attached to an aromatic ring is 1. The lowest BCUT2D eigenvalue weighted by atomic mass is 9.99. The average molecular weight is 1080 g/mol. The summed E-state index contributed by atoms with van der Waals surface area (Å²) < 4.78 is 49.9. The third-order valence-electron chi connectivity index (χ3n) is 11.5. The van der Waals surface area contributed by atoms with Crippen molar-refractivity contribution in [3.05, 3.63) is 108 Å². The molecule has 3 fully saturated rings. The molecule has 10 heterocycles. The summed E-state index contributed by atoms with van der Waals surface area (Å²) in [5.74, 6) is -0.542. The number of aliphatic hydroxyl groups is 1. The number of piperidine rings is 1. The van der Waals surface area contributed by atoms with E-state index in [1.165, 1.54) is 35.2 Å². The Hall–Kier alpha value is -8.89. The van der Waals surface area contributed by atoms with E-state index in [9.17, 15) is 23.9 Å². The first-order chi connectivity index (χ1) is 36.6. The molecule has 3 aliphatic rings. The van der Waals surface area contributed by atoms with Crippen LogP contribution in [-0.2, 0) is 38.8 Å². The van der Waals surface area contributed by atoms with Gasteiger partial charge in [0, 0.05) is 18.6 Å². The fourth-order valence-electron chi connectivity index (χ4n) is 8.08. The molecule has 77 heavy (non-hydrogen) atoms. The van der Waals surface area contributed by atoms with E-state index in [1.54, 1.807) is 60.6 Å². The largest absolute Gasteiger partial charge is 0.473 e. The summed E-state index contributed by atoms with van der Waals surface area (Å²) in [4.78, 5) is 72.2. The van der Waals surface area contributed by atoms with Gasteiger partial charge in [-0.15, -0.1) is 0 Å². The molecule has 33 nitrogen and oxygen atoms in total. The summed E-state index contributed by atoms with van der Waals surface area (Å²) in [6, 6.07) is 7.55. The zero-order chi connectivity index (χ0) is 55.7. The van der Waals surface area contributed by atoms with Crippen molar-refractivity contribution in [1.29, 1.82) is 0 Å². The Kier molecular flexibility index (Phi) is 17.9. The normalized spacial score (nSPS) is 17.7. The van der Waals surface area contributed by atoms with Gasteiger partial charge in [0.05, 0.1) is 38.5 Å². The highest BCUT2D eigenvalue weighted by Gasteiger charge is 2.42. The number of anilines is 1. The van der Waals surface area contributed by atoms with Gasteiger partial charge in [0.2, 0.25) is 0 Å². The number of nitrogens with zero attached hydrogens (tertiary/aromatic N) is 17. The van der Waals surface area contributed by atoms with Crippen LogP contribution >= 0.6 is 0 Å².